The van der Waals surface area contributed by atoms with Crippen LogP contribution in [0.1, 0.15) is 36.5 Å². The van der Waals surface area contributed by atoms with Gasteiger partial charge in [-0.2, -0.15) is 0 Å². The number of hydrogen-bond donors (Lipinski definition) is 1. The molecule has 1 unspecified atom stereocenters. The first-order valence-electron chi connectivity index (χ1n) is 6.12. The smallest absolute Gasteiger partial charge is 0.256 e. The Labute approximate surface area is 112 Å². The number of amides is 1. The van der Waals surface area contributed by atoms with Gasteiger partial charge < -0.3 is 10.0 Å². The van der Waals surface area contributed by atoms with Gasteiger partial charge >= 0.3 is 0 Å². The van der Waals surface area contributed by atoms with Crippen molar-refractivity contribution in [2.75, 3.05) is 13.1 Å². The number of carbonyl (C=O) groups excluding carboxylic acids is 1. The SMILES string of the molecule is CC1(O)CCCN(C(=O)c2cccnc2Cl)CC1. The average Bonchev–Trinajstić information content (AvgIpc) is 2.50. The van der Waals surface area contributed by atoms with Crippen molar-refractivity contribution in [2.45, 2.75) is 31.8 Å². The zero-order chi connectivity index (χ0) is 13.2. The highest BCUT2D eigenvalue weighted by atomic mass is 35.5. The van der Waals surface area contributed by atoms with Gasteiger partial charge in [-0.25, -0.2) is 4.98 Å². The molecule has 4 nitrogen and oxygen atoms in total. The van der Waals surface area contributed by atoms with Crippen LogP contribution >= 0.6 is 11.6 Å². The maximum Gasteiger partial charge on any atom is 0.256 e. The van der Waals surface area contributed by atoms with Crippen LogP contribution in [0, 0.1) is 0 Å². The van der Waals surface area contributed by atoms with Crippen LogP contribution in [0.25, 0.3) is 0 Å². The quantitative estimate of drug-likeness (QED) is 0.794. The molecule has 1 fully saturated rings. The van der Waals surface area contributed by atoms with E-state index in [-0.39, 0.29) is 11.1 Å². The van der Waals surface area contributed by atoms with Gasteiger partial charge in [0.1, 0.15) is 5.15 Å². The number of hydrogen-bond acceptors (Lipinski definition) is 3. The molecule has 0 bridgehead atoms. The zero-order valence-corrected chi connectivity index (χ0v) is 11.2. The number of rotatable bonds is 1. The molecule has 1 N–H and O–H groups in total. The molecule has 2 heterocycles. The van der Waals surface area contributed by atoms with Crippen LogP contribution in [0.4, 0.5) is 0 Å². The lowest BCUT2D eigenvalue weighted by molar-refractivity contribution is 0.0438. The molecular formula is C13H17ClN2O2. The van der Waals surface area contributed by atoms with Crippen LogP contribution in [0.3, 0.4) is 0 Å². The molecule has 98 valence electrons. The monoisotopic (exact) mass is 268 g/mol. The van der Waals surface area contributed by atoms with Gasteiger partial charge in [0.05, 0.1) is 11.2 Å². The molecule has 0 radical (unpaired) electrons. The molecule has 0 aromatic carbocycles. The molecule has 0 saturated carbocycles. The van der Waals surface area contributed by atoms with Crippen LogP contribution in [0.15, 0.2) is 18.3 Å². The van der Waals surface area contributed by atoms with E-state index in [1.165, 1.54) is 0 Å². The first kappa shape index (κ1) is 13.3. The summed E-state index contributed by atoms with van der Waals surface area (Å²) in [5, 5.41) is 10.2. The Morgan fingerprint density at radius 3 is 3.00 bits per heavy atom. The molecule has 0 spiro atoms. The second-order valence-corrected chi connectivity index (χ2v) is 5.34. The Hall–Kier alpha value is -1.13. The fourth-order valence-corrected chi connectivity index (χ4v) is 2.38. The van der Waals surface area contributed by atoms with Crippen molar-refractivity contribution in [3.63, 3.8) is 0 Å². The molecule has 1 atom stereocenters. The molecular weight excluding hydrogens is 252 g/mol. The predicted molar refractivity (Wildman–Crippen MR) is 69.6 cm³/mol. The molecule has 2 rings (SSSR count). The van der Waals surface area contributed by atoms with Crippen molar-refractivity contribution in [2.24, 2.45) is 0 Å². The van der Waals surface area contributed by atoms with Crippen molar-refractivity contribution in [3.8, 4) is 0 Å². The van der Waals surface area contributed by atoms with Gasteiger partial charge in [-0.05, 0) is 38.3 Å². The highest BCUT2D eigenvalue weighted by Gasteiger charge is 2.28. The normalized spacial score (nSPS) is 24.7. The Balaban J connectivity index is 2.13. The predicted octanol–water partition coefficient (Wildman–Crippen LogP) is 2.11. The number of pyridine rings is 1. The van der Waals surface area contributed by atoms with E-state index in [1.807, 2.05) is 6.92 Å². The summed E-state index contributed by atoms with van der Waals surface area (Å²) in [5.41, 5.74) is -0.242. The molecule has 1 saturated heterocycles. The van der Waals surface area contributed by atoms with Crippen LogP contribution in [-0.4, -0.2) is 39.6 Å². The summed E-state index contributed by atoms with van der Waals surface area (Å²) in [6.45, 7) is 3.02. The van der Waals surface area contributed by atoms with Crippen LogP contribution in [0.5, 0.6) is 0 Å². The summed E-state index contributed by atoms with van der Waals surface area (Å²) in [5.74, 6) is -0.106. The summed E-state index contributed by atoms with van der Waals surface area (Å²) in [6.07, 6.45) is 3.68. The minimum Gasteiger partial charge on any atom is -0.390 e. The van der Waals surface area contributed by atoms with Gasteiger partial charge in [0, 0.05) is 19.3 Å². The van der Waals surface area contributed by atoms with E-state index in [2.05, 4.69) is 4.98 Å². The van der Waals surface area contributed by atoms with E-state index in [4.69, 9.17) is 11.6 Å². The zero-order valence-electron chi connectivity index (χ0n) is 10.4. The van der Waals surface area contributed by atoms with Crippen molar-refractivity contribution < 1.29 is 9.90 Å². The van der Waals surface area contributed by atoms with Crippen LogP contribution in [-0.2, 0) is 0 Å². The lowest BCUT2D eigenvalue weighted by atomic mass is 9.98. The Bertz CT molecular complexity index is 448. The second kappa shape index (κ2) is 5.24. The summed E-state index contributed by atoms with van der Waals surface area (Å²) in [6, 6.07) is 3.38. The standard InChI is InChI=1S/C13H17ClN2O2/c1-13(18)5-3-8-16(9-6-13)12(17)10-4-2-7-15-11(10)14/h2,4,7,18H,3,5-6,8-9H2,1H3. The Morgan fingerprint density at radius 2 is 2.28 bits per heavy atom. The Morgan fingerprint density at radius 1 is 1.50 bits per heavy atom. The van der Waals surface area contributed by atoms with E-state index in [9.17, 15) is 9.90 Å². The van der Waals surface area contributed by atoms with E-state index < -0.39 is 5.60 Å². The van der Waals surface area contributed by atoms with Crippen molar-refractivity contribution >= 4 is 17.5 Å². The number of aromatic nitrogens is 1. The van der Waals surface area contributed by atoms with Gasteiger partial charge in [0.15, 0.2) is 0 Å². The van der Waals surface area contributed by atoms with Crippen LogP contribution < -0.4 is 0 Å². The van der Waals surface area contributed by atoms with Crippen molar-refractivity contribution in [3.05, 3.63) is 29.0 Å². The molecule has 1 aromatic heterocycles. The number of halogens is 1. The second-order valence-electron chi connectivity index (χ2n) is 4.98. The Kier molecular flexibility index (Phi) is 3.88. The van der Waals surface area contributed by atoms with Gasteiger partial charge in [-0.3, -0.25) is 4.79 Å². The van der Waals surface area contributed by atoms with Gasteiger partial charge in [-0.1, -0.05) is 11.6 Å². The highest BCUT2D eigenvalue weighted by molar-refractivity contribution is 6.32. The molecule has 0 aliphatic carbocycles. The number of aliphatic hydroxyl groups is 1. The summed E-state index contributed by atoms with van der Waals surface area (Å²) >= 11 is 5.93. The number of nitrogens with zero attached hydrogens (tertiary/aromatic N) is 2. The fourth-order valence-electron chi connectivity index (χ4n) is 2.18. The number of likely N-dealkylation sites (tertiary alicyclic amines) is 1. The third-order valence-electron chi connectivity index (χ3n) is 3.34. The third-order valence-corrected chi connectivity index (χ3v) is 3.64. The minimum atomic E-state index is -0.673. The third kappa shape index (κ3) is 3.00. The maximum absolute atomic E-state index is 12.3. The van der Waals surface area contributed by atoms with Gasteiger partial charge in [-0.15, -0.1) is 0 Å². The molecule has 1 aliphatic rings. The fraction of sp³-hybridized carbons (Fsp3) is 0.538. The van der Waals surface area contributed by atoms with Crippen LogP contribution in [0.2, 0.25) is 5.15 Å². The lowest BCUT2D eigenvalue weighted by Crippen LogP contribution is -2.33. The van der Waals surface area contributed by atoms with Crippen molar-refractivity contribution in [1.82, 2.24) is 9.88 Å². The highest BCUT2D eigenvalue weighted by Crippen LogP contribution is 2.23. The average molecular weight is 269 g/mol. The molecule has 18 heavy (non-hydrogen) atoms. The lowest BCUT2D eigenvalue weighted by Gasteiger charge is -2.22. The molecule has 1 amide bonds. The first-order chi connectivity index (χ1) is 8.49. The topological polar surface area (TPSA) is 53.4 Å². The molecule has 1 aromatic rings. The molecule has 5 heteroatoms. The first-order valence-corrected chi connectivity index (χ1v) is 6.49. The van der Waals surface area contributed by atoms with Gasteiger partial charge in [0.25, 0.3) is 5.91 Å². The largest absolute Gasteiger partial charge is 0.390 e. The number of carbonyl (C=O) groups is 1. The summed E-state index contributed by atoms with van der Waals surface area (Å²) < 4.78 is 0. The molecule has 1 aliphatic heterocycles. The minimum absolute atomic E-state index is 0.106. The van der Waals surface area contributed by atoms with E-state index >= 15 is 0 Å². The van der Waals surface area contributed by atoms with Gasteiger partial charge in [0.2, 0.25) is 0 Å². The summed E-state index contributed by atoms with van der Waals surface area (Å²) in [7, 11) is 0. The van der Waals surface area contributed by atoms with E-state index in [0.29, 0.717) is 25.1 Å². The van der Waals surface area contributed by atoms with Crippen molar-refractivity contribution in [1.29, 1.82) is 0 Å². The summed E-state index contributed by atoms with van der Waals surface area (Å²) in [4.78, 5) is 18.0. The van der Waals surface area contributed by atoms with E-state index in [1.54, 1.807) is 23.2 Å². The maximum atomic E-state index is 12.3. The van der Waals surface area contributed by atoms with E-state index in [0.717, 1.165) is 12.8 Å².